The molecule has 0 fully saturated rings. The number of hydrogen-bond acceptors (Lipinski definition) is 9. The van der Waals surface area contributed by atoms with Crippen molar-refractivity contribution in [1.29, 1.82) is 0 Å². The summed E-state index contributed by atoms with van der Waals surface area (Å²) in [6, 6.07) is 13.9. The number of carbonyl (C=O) groups excluding carboxylic acids is 3. The first kappa shape index (κ1) is 25.0. The summed E-state index contributed by atoms with van der Waals surface area (Å²) in [5, 5.41) is 9.16. The second kappa shape index (κ2) is 10.8. The second-order valence-corrected chi connectivity index (χ2v) is 8.99. The van der Waals surface area contributed by atoms with Gasteiger partial charge in [-0.1, -0.05) is 30.3 Å². The van der Waals surface area contributed by atoms with Crippen LogP contribution in [0.15, 0.2) is 59.5 Å². The van der Waals surface area contributed by atoms with Crippen LogP contribution in [0.5, 0.6) is 5.75 Å². The lowest BCUT2D eigenvalue weighted by Gasteiger charge is -2.32. The van der Waals surface area contributed by atoms with Gasteiger partial charge in [-0.05, 0) is 29.8 Å². The van der Waals surface area contributed by atoms with Crippen LogP contribution in [-0.2, 0) is 35.6 Å². The number of hydroxylamine groups is 1. The topological polar surface area (TPSA) is 162 Å². The van der Waals surface area contributed by atoms with Gasteiger partial charge in [0.25, 0.3) is 0 Å². The van der Waals surface area contributed by atoms with Gasteiger partial charge in [-0.25, -0.2) is 13.9 Å². The Bertz CT molecular complexity index is 1040. The molecule has 4 N–H and O–H groups in total. The number of rotatable bonds is 11. The highest BCUT2D eigenvalue weighted by atomic mass is 32.2. The van der Waals surface area contributed by atoms with E-state index in [0.717, 1.165) is 0 Å². The van der Waals surface area contributed by atoms with Crippen molar-refractivity contribution < 1.29 is 37.5 Å². The van der Waals surface area contributed by atoms with E-state index in [-0.39, 0.29) is 17.8 Å². The van der Waals surface area contributed by atoms with Crippen molar-refractivity contribution in [1.82, 2.24) is 5.48 Å². The van der Waals surface area contributed by atoms with Gasteiger partial charge in [0.15, 0.2) is 9.84 Å². The first-order valence-corrected chi connectivity index (χ1v) is 11.1. The van der Waals surface area contributed by atoms with Gasteiger partial charge < -0.3 is 20.0 Å². The van der Waals surface area contributed by atoms with E-state index in [9.17, 15) is 22.8 Å². The van der Waals surface area contributed by atoms with Crippen molar-refractivity contribution in [2.24, 2.45) is 11.7 Å². The van der Waals surface area contributed by atoms with Crippen LogP contribution in [0, 0.1) is 5.92 Å². The number of benzene rings is 2. The Morgan fingerprint density at radius 3 is 2.31 bits per heavy atom. The van der Waals surface area contributed by atoms with Crippen LogP contribution in [0.25, 0.3) is 0 Å². The molecule has 2 aromatic rings. The molecule has 0 spiro atoms. The number of nitrogens with one attached hydrogen (secondary N) is 1. The largest absolute Gasteiger partial charge is 0.497 e. The third-order valence-electron chi connectivity index (χ3n) is 4.87. The van der Waals surface area contributed by atoms with Gasteiger partial charge in [-0.3, -0.25) is 14.8 Å². The zero-order valence-electron chi connectivity index (χ0n) is 17.3. The molecule has 172 valence electrons. The molecule has 2 atom stereocenters. The predicted octanol–water partition coefficient (Wildman–Crippen LogP) is 0.620. The molecule has 0 aliphatic rings. The monoisotopic (exact) mass is 464 g/mol. The Labute approximate surface area is 185 Å². The molecule has 2 rings (SSSR count). The molecule has 0 radical (unpaired) electrons. The van der Waals surface area contributed by atoms with Crippen molar-refractivity contribution >= 4 is 28.0 Å². The van der Waals surface area contributed by atoms with Crippen LogP contribution in [0.2, 0.25) is 0 Å². The Balaban J connectivity index is 2.35. The van der Waals surface area contributed by atoms with E-state index in [1.807, 2.05) is 0 Å². The minimum Gasteiger partial charge on any atom is -0.497 e. The molecule has 0 heterocycles. The lowest BCUT2D eigenvalue weighted by Crippen LogP contribution is -2.61. The van der Waals surface area contributed by atoms with Crippen LogP contribution in [-0.4, -0.2) is 50.2 Å². The predicted molar refractivity (Wildman–Crippen MR) is 112 cm³/mol. The van der Waals surface area contributed by atoms with E-state index < -0.39 is 45.3 Å². The number of ether oxygens (including phenoxy) is 2. The minimum absolute atomic E-state index is 0.167. The number of nitrogens with two attached hydrogens (primary N) is 1. The Hall–Kier alpha value is -3.28. The zero-order valence-corrected chi connectivity index (χ0v) is 18.1. The molecule has 32 heavy (non-hydrogen) atoms. The van der Waals surface area contributed by atoms with Gasteiger partial charge in [0.05, 0.1) is 23.7 Å². The van der Waals surface area contributed by atoms with Crippen molar-refractivity contribution in [3.63, 3.8) is 0 Å². The van der Waals surface area contributed by atoms with E-state index in [4.69, 9.17) is 20.4 Å². The molecule has 0 aromatic heterocycles. The average molecular weight is 464 g/mol. The van der Waals surface area contributed by atoms with Crippen molar-refractivity contribution in [2.75, 3.05) is 12.9 Å². The summed E-state index contributed by atoms with van der Waals surface area (Å²) < 4.78 is 36.0. The molecular weight excluding hydrogens is 440 g/mol. The van der Waals surface area contributed by atoms with E-state index in [1.54, 1.807) is 30.3 Å². The Morgan fingerprint density at radius 1 is 1.16 bits per heavy atom. The molecule has 0 saturated heterocycles. The van der Waals surface area contributed by atoms with Gasteiger partial charge in [0.2, 0.25) is 5.91 Å². The molecule has 0 aliphatic heterocycles. The summed E-state index contributed by atoms with van der Waals surface area (Å²) in [5.74, 6) is -4.79. The molecule has 2 unspecified atom stereocenters. The van der Waals surface area contributed by atoms with Crippen molar-refractivity contribution in [2.45, 2.75) is 23.5 Å². The minimum atomic E-state index is -4.17. The normalized spacial score (nSPS) is 14.0. The van der Waals surface area contributed by atoms with Crippen molar-refractivity contribution in [3.05, 3.63) is 60.2 Å². The molecule has 0 bridgehead atoms. The van der Waals surface area contributed by atoms with Crippen LogP contribution < -0.4 is 16.0 Å². The van der Waals surface area contributed by atoms with E-state index >= 15 is 0 Å². The van der Waals surface area contributed by atoms with Gasteiger partial charge in [-0.2, -0.15) is 0 Å². The zero-order chi connectivity index (χ0) is 23.8. The molecule has 11 heteroatoms. The number of carbonyl (C=O) groups is 3. The maximum Gasteiger partial charge on any atom is 0.327 e. The van der Waals surface area contributed by atoms with E-state index in [1.165, 1.54) is 36.9 Å². The van der Waals surface area contributed by atoms with Gasteiger partial charge in [0, 0.05) is 6.42 Å². The SMILES string of the molecule is COc1ccc(S(=O)(=O)CC(C(=O)NO)C(N)(CC=O)C(=O)OCc2ccccc2)cc1. The number of hydrogen-bond donors (Lipinski definition) is 3. The molecule has 0 saturated carbocycles. The summed E-state index contributed by atoms with van der Waals surface area (Å²) in [7, 11) is -2.76. The molecular formula is C21H24N2O8S. The molecule has 1 amide bonds. The Kier molecular flexibility index (Phi) is 8.47. The maximum atomic E-state index is 12.9. The van der Waals surface area contributed by atoms with Gasteiger partial charge in [-0.15, -0.1) is 0 Å². The first-order valence-electron chi connectivity index (χ1n) is 9.42. The lowest BCUT2D eigenvalue weighted by molar-refractivity contribution is -0.158. The quantitative estimate of drug-likeness (QED) is 0.187. The highest BCUT2D eigenvalue weighted by Crippen LogP contribution is 2.26. The fourth-order valence-electron chi connectivity index (χ4n) is 3.00. The standard InChI is InChI=1S/C21H24N2O8S/c1-30-16-7-9-17(10-8-16)32(28,29)14-18(19(25)23-27)21(22,11-12-24)20(26)31-13-15-5-3-2-4-6-15/h2-10,12,18,27H,11,13-14,22H2,1H3,(H,23,25). The molecule has 2 aromatic carbocycles. The number of amides is 1. The highest BCUT2D eigenvalue weighted by Gasteiger charge is 2.49. The van der Waals surface area contributed by atoms with Gasteiger partial charge >= 0.3 is 5.97 Å². The maximum absolute atomic E-state index is 12.9. The smallest absolute Gasteiger partial charge is 0.327 e. The summed E-state index contributed by atoms with van der Waals surface area (Å²) >= 11 is 0. The number of aldehydes is 1. The summed E-state index contributed by atoms with van der Waals surface area (Å²) in [5.41, 5.74) is 5.70. The lowest BCUT2D eigenvalue weighted by atomic mass is 9.82. The Morgan fingerprint density at radius 2 is 1.78 bits per heavy atom. The number of methoxy groups -OCH3 is 1. The summed E-state index contributed by atoms with van der Waals surface area (Å²) in [6.07, 6.45) is -0.432. The highest BCUT2D eigenvalue weighted by molar-refractivity contribution is 7.91. The van der Waals surface area contributed by atoms with Crippen LogP contribution in [0.1, 0.15) is 12.0 Å². The average Bonchev–Trinajstić information content (AvgIpc) is 2.81. The van der Waals surface area contributed by atoms with Crippen molar-refractivity contribution in [3.8, 4) is 5.75 Å². The second-order valence-electron chi connectivity index (χ2n) is 6.96. The fourth-order valence-corrected chi connectivity index (χ4v) is 4.63. The van der Waals surface area contributed by atoms with E-state index in [2.05, 4.69) is 0 Å². The van der Waals surface area contributed by atoms with Crippen LogP contribution in [0.4, 0.5) is 0 Å². The van der Waals surface area contributed by atoms with Crippen LogP contribution >= 0.6 is 0 Å². The molecule has 10 nitrogen and oxygen atoms in total. The third kappa shape index (κ3) is 5.90. The fraction of sp³-hybridized carbons (Fsp3) is 0.286. The van der Waals surface area contributed by atoms with Gasteiger partial charge in [0.1, 0.15) is 24.2 Å². The van der Waals surface area contributed by atoms with Crippen LogP contribution in [0.3, 0.4) is 0 Å². The third-order valence-corrected chi connectivity index (χ3v) is 6.63. The summed E-state index contributed by atoms with van der Waals surface area (Å²) in [4.78, 5) is 36.3. The van der Waals surface area contributed by atoms with E-state index in [0.29, 0.717) is 11.3 Å². The summed E-state index contributed by atoms with van der Waals surface area (Å²) in [6.45, 7) is -0.212. The number of sulfone groups is 1. The first-order chi connectivity index (χ1) is 15.2. The molecule has 0 aliphatic carbocycles. The number of esters is 1.